The zero-order chi connectivity index (χ0) is 38.8. The van der Waals surface area contributed by atoms with Crippen molar-refractivity contribution in [2.24, 2.45) is 0 Å². The maximum atomic E-state index is 12.6. The van der Waals surface area contributed by atoms with Gasteiger partial charge < -0.3 is 23.8 Å². The Labute approximate surface area is 319 Å². The molecule has 0 spiro atoms. The van der Waals surface area contributed by atoms with E-state index in [2.05, 4.69) is 13.8 Å². The predicted octanol–water partition coefficient (Wildman–Crippen LogP) is 8.79. The summed E-state index contributed by atoms with van der Waals surface area (Å²) < 4.78 is 21.6. The van der Waals surface area contributed by atoms with E-state index in [0.717, 1.165) is 38.5 Å². The van der Waals surface area contributed by atoms with Crippen LogP contribution in [0.2, 0.25) is 0 Å². The predicted molar refractivity (Wildman–Crippen MR) is 201 cm³/mol. The van der Waals surface area contributed by atoms with Crippen molar-refractivity contribution < 1.29 is 52.6 Å². The molecule has 0 aromatic carbocycles. The second-order valence-corrected chi connectivity index (χ2v) is 14.2. The molecular weight excluding hydrogens is 682 g/mol. The first-order valence-corrected chi connectivity index (χ1v) is 20.9. The number of unbranched alkanes of at least 4 members (excludes halogenated alkanes) is 20. The zero-order valence-electron chi connectivity index (χ0n) is 33.1. The molecule has 306 valence electrons. The van der Waals surface area contributed by atoms with Gasteiger partial charge in [-0.2, -0.15) is 0 Å². The average Bonchev–Trinajstić information content (AvgIpc) is 3.45. The number of nitrogens with zero attached hydrogens (tertiary/aromatic N) is 1. The molecule has 0 radical (unpaired) electrons. The minimum absolute atomic E-state index is 0.00601. The van der Waals surface area contributed by atoms with Crippen molar-refractivity contribution >= 4 is 35.7 Å². The van der Waals surface area contributed by atoms with Gasteiger partial charge in [-0.3, -0.25) is 24.0 Å². The molecule has 0 aromatic rings. The molecule has 12 heteroatoms. The molecule has 0 saturated carbocycles. The standard InChI is InChI=1S/C41H71NO11/c1-3-5-7-9-11-13-15-17-19-21-23-25-38(45)50-33-35(52-40(47)26-24-22-20-18-16-14-12-10-8-6-4-2)34-51-39(46)29-31-49-32-30-41(48)53-42-36(43)27-28-37(42)44/h35H,3-34H2,1-2H3/t35-/m0/s1. The summed E-state index contributed by atoms with van der Waals surface area (Å²) in [6.07, 6.45) is 25.1. The molecule has 2 amide bonds. The maximum Gasteiger partial charge on any atom is 0.335 e. The number of esters is 3. The SMILES string of the molecule is CCCCCCCCCCCCCC(=O)OC[C@@H](COC(=O)CCOCCC(=O)ON1C(=O)CCC1=O)OC(=O)CCCCCCCCCCCCC. The minimum atomic E-state index is -0.924. The highest BCUT2D eigenvalue weighted by atomic mass is 16.7. The van der Waals surface area contributed by atoms with Crippen molar-refractivity contribution in [2.45, 2.75) is 200 Å². The average molecular weight is 754 g/mol. The lowest BCUT2D eigenvalue weighted by Crippen LogP contribution is -2.32. The van der Waals surface area contributed by atoms with Gasteiger partial charge in [0.15, 0.2) is 6.10 Å². The molecule has 0 unspecified atom stereocenters. The second kappa shape index (κ2) is 33.5. The van der Waals surface area contributed by atoms with Crippen molar-refractivity contribution in [3.05, 3.63) is 0 Å². The fraction of sp³-hybridized carbons (Fsp3) is 0.854. The normalized spacial score (nSPS) is 13.3. The molecule has 0 bridgehead atoms. The Morgan fingerprint density at radius 1 is 0.491 bits per heavy atom. The minimum Gasteiger partial charge on any atom is -0.462 e. The number of hydrogen-bond donors (Lipinski definition) is 0. The molecule has 1 fully saturated rings. The van der Waals surface area contributed by atoms with Crippen LogP contribution in [0.4, 0.5) is 0 Å². The first-order chi connectivity index (χ1) is 25.8. The quantitative estimate of drug-likeness (QED) is 0.0261. The van der Waals surface area contributed by atoms with Gasteiger partial charge in [0.05, 0.1) is 26.1 Å². The summed E-state index contributed by atoms with van der Waals surface area (Å²) in [4.78, 5) is 77.2. The number of hydrogen-bond acceptors (Lipinski definition) is 11. The van der Waals surface area contributed by atoms with E-state index in [4.69, 9.17) is 23.8 Å². The van der Waals surface area contributed by atoms with Gasteiger partial charge in [-0.15, -0.1) is 5.06 Å². The van der Waals surface area contributed by atoms with Gasteiger partial charge >= 0.3 is 23.9 Å². The number of amides is 2. The Morgan fingerprint density at radius 3 is 1.28 bits per heavy atom. The van der Waals surface area contributed by atoms with E-state index in [1.807, 2.05) is 0 Å². The van der Waals surface area contributed by atoms with Crippen LogP contribution in [0, 0.1) is 0 Å². The second-order valence-electron chi connectivity index (χ2n) is 14.2. The molecule has 12 nitrogen and oxygen atoms in total. The lowest BCUT2D eigenvalue weighted by molar-refractivity contribution is -0.198. The Balaban J connectivity index is 2.34. The van der Waals surface area contributed by atoms with E-state index >= 15 is 0 Å². The van der Waals surface area contributed by atoms with Crippen molar-refractivity contribution in [3.8, 4) is 0 Å². The first kappa shape index (κ1) is 48.0. The molecule has 0 aromatic heterocycles. The number of ether oxygens (including phenoxy) is 4. The summed E-state index contributed by atoms with van der Waals surface area (Å²) in [5.41, 5.74) is 0. The van der Waals surface area contributed by atoms with Gasteiger partial charge in [-0.05, 0) is 12.8 Å². The molecule has 1 aliphatic heterocycles. The largest absolute Gasteiger partial charge is 0.462 e. The Hall–Kier alpha value is -3.02. The Kier molecular flexibility index (Phi) is 30.4. The molecule has 1 saturated heterocycles. The highest BCUT2D eigenvalue weighted by Gasteiger charge is 2.32. The highest BCUT2D eigenvalue weighted by Crippen LogP contribution is 2.15. The first-order valence-electron chi connectivity index (χ1n) is 20.9. The number of rotatable bonds is 36. The lowest BCUT2D eigenvalue weighted by Gasteiger charge is -2.18. The Morgan fingerprint density at radius 2 is 0.849 bits per heavy atom. The van der Waals surface area contributed by atoms with Gasteiger partial charge in [0, 0.05) is 25.7 Å². The Bertz CT molecular complexity index is 1000. The molecule has 0 aliphatic carbocycles. The third-order valence-electron chi connectivity index (χ3n) is 9.23. The van der Waals surface area contributed by atoms with Crippen molar-refractivity contribution in [3.63, 3.8) is 0 Å². The molecule has 1 aliphatic rings. The van der Waals surface area contributed by atoms with Crippen LogP contribution in [0.5, 0.6) is 0 Å². The summed E-state index contributed by atoms with van der Waals surface area (Å²) >= 11 is 0. The van der Waals surface area contributed by atoms with E-state index in [9.17, 15) is 28.8 Å². The highest BCUT2D eigenvalue weighted by molar-refractivity contribution is 6.01. The molecule has 1 heterocycles. The van der Waals surface area contributed by atoms with Crippen LogP contribution in [0.25, 0.3) is 0 Å². The van der Waals surface area contributed by atoms with Gasteiger partial charge in [0.25, 0.3) is 11.8 Å². The van der Waals surface area contributed by atoms with Crippen LogP contribution in [-0.4, -0.2) is 73.3 Å². The van der Waals surface area contributed by atoms with Crippen molar-refractivity contribution in [1.29, 1.82) is 0 Å². The summed E-state index contributed by atoms with van der Waals surface area (Å²) in [6.45, 7) is 3.85. The van der Waals surface area contributed by atoms with E-state index in [1.54, 1.807) is 0 Å². The lowest BCUT2D eigenvalue weighted by atomic mass is 10.1. The van der Waals surface area contributed by atoms with E-state index in [-0.39, 0.29) is 70.9 Å². The fourth-order valence-electron chi connectivity index (χ4n) is 5.96. The number of carbonyl (C=O) groups excluding carboxylic acids is 6. The number of imide groups is 1. The molecular formula is C41H71NO11. The van der Waals surface area contributed by atoms with E-state index < -0.39 is 35.8 Å². The maximum absolute atomic E-state index is 12.6. The van der Waals surface area contributed by atoms with Crippen LogP contribution < -0.4 is 0 Å². The van der Waals surface area contributed by atoms with Gasteiger partial charge in [0.2, 0.25) is 0 Å². The topological polar surface area (TPSA) is 152 Å². The van der Waals surface area contributed by atoms with E-state index in [0.29, 0.717) is 11.5 Å². The van der Waals surface area contributed by atoms with Crippen LogP contribution in [0.15, 0.2) is 0 Å². The van der Waals surface area contributed by atoms with Crippen molar-refractivity contribution in [2.75, 3.05) is 26.4 Å². The molecule has 53 heavy (non-hydrogen) atoms. The van der Waals surface area contributed by atoms with E-state index in [1.165, 1.54) is 96.3 Å². The van der Waals surface area contributed by atoms with Crippen LogP contribution in [0.1, 0.15) is 194 Å². The van der Waals surface area contributed by atoms with Gasteiger partial charge in [-0.25, -0.2) is 4.79 Å². The third kappa shape index (κ3) is 28.1. The summed E-state index contributed by atoms with van der Waals surface area (Å²) in [6, 6.07) is 0. The number of carbonyl (C=O) groups is 6. The van der Waals surface area contributed by atoms with Crippen LogP contribution >= 0.6 is 0 Å². The monoisotopic (exact) mass is 754 g/mol. The molecule has 0 N–H and O–H groups in total. The van der Waals surface area contributed by atoms with Gasteiger partial charge in [-0.1, -0.05) is 142 Å². The zero-order valence-corrected chi connectivity index (χ0v) is 33.1. The summed E-state index contributed by atoms with van der Waals surface area (Å²) in [5.74, 6) is -3.33. The van der Waals surface area contributed by atoms with Crippen LogP contribution in [-0.2, 0) is 52.6 Å². The summed E-state index contributed by atoms with van der Waals surface area (Å²) in [5, 5.41) is 0.469. The fourth-order valence-corrected chi connectivity index (χ4v) is 5.96. The third-order valence-corrected chi connectivity index (χ3v) is 9.23. The van der Waals surface area contributed by atoms with Gasteiger partial charge in [0.1, 0.15) is 13.2 Å². The molecule has 1 rings (SSSR count). The smallest absolute Gasteiger partial charge is 0.335 e. The summed E-state index contributed by atoms with van der Waals surface area (Å²) in [7, 11) is 0. The van der Waals surface area contributed by atoms with Crippen molar-refractivity contribution in [1.82, 2.24) is 5.06 Å². The molecule has 1 atom stereocenters. The van der Waals surface area contributed by atoms with Crippen LogP contribution in [0.3, 0.4) is 0 Å². The number of hydroxylamine groups is 2.